The van der Waals surface area contributed by atoms with E-state index in [0.29, 0.717) is 6.42 Å². The molecule has 0 heterocycles. The number of unbranched alkanes of at least 4 members (excludes halogenated alkanes) is 1. The summed E-state index contributed by atoms with van der Waals surface area (Å²) in [7, 11) is 0. The highest BCUT2D eigenvalue weighted by Gasteiger charge is 2.18. The number of carbonyl (C=O) groups is 2. The van der Waals surface area contributed by atoms with Crippen LogP contribution in [0.4, 0.5) is 0 Å². The molecule has 15 heavy (non-hydrogen) atoms. The van der Waals surface area contributed by atoms with Gasteiger partial charge in [-0.15, -0.1) is 0 Å². The molecule has 0 spiro atoms. The molecule has 0 aliphatic heterocycles. The van der Waals surface area contributed by atoms with Crippen LogP contribution >= 0.6 is 0 Å². The highest BCUT2D eigenvalue weighted by atomic mass is 16.2. The second-order valence-electron chi connectivity index (χ2n) is 4.06. The van der Waals surface area contributed by atoms with Crippen molar-refractivity contribution in [2.75, 3.05) is 0 Å². The molecule has 0 aromatic carbocycles. The van der Waals surface area contributed by atoms with E-state index in [4.69, 9.17) is 0 Å². The van der Waals surface area contributed by atoms with Gasteiger partial charge >= 0.3 is 0 Å². The van der Waals surface area contributed by atoms with Gasteiger partial charge in [0, 0.05) is 13.0 Å². The van der Waals surface area contributed by atoms with Crippen molar-refractivity contribution < 1.29 is 9.59 Å². The number of amides is 2. The van der Waals surface area contributed by atoms with Crippen LogP contribution in [0.5, 0.6) is 0 Å². The Balaban J connectivity index is 4.20. The van der Waals surface area contributed by atoms with Crippen molar-refractivity contribution in [1.29, 1.82) is 0 Å². The molecule has 0 rings (SSSR count). The predicted octanol–water partition coefficient (Wildman–Crippen LogP) is 1.21. The standard InChI is InChI=1S/C11H22N2O2/c1-5-6-7-10(13-9(4)14)11(15)12-8(2)3/h8,10H,5-7H2,1-4H3,(H,12,15)(H,13,14)/t10-/m0/s1. The van der Waals surface area contributed by atoms with Crippen LogP contribution in [0.25, 0.3) is 0 Å². The third-order valence-corrected chi connectivity index (χ3v) is 1.97. The number of carbonyl (C=O) groups excluding carboxylic acids is 2. The lowest BCUT2D eigenvalue weighted by molar-refractivity contribution is -0.128. The molecular formula is C11H22N2O2. The van der Waals surface area contributed by atoms with E-state index in [9.17, 15) is 9.59 Å². The zero-order valence-electron chi connectivity index (χ0n) is 10.1. The van der Waals surface area contributed by atoms with Gasteiger partial charge in [0.05, 0.1) is 0 Å². The van der Waals surface area contributed by atoms with Crippen LogP contribution in [-0.2, 0) is 9.59 Å². The van der Waals surface area contributed by atoms with Crippen LogP contribution in [0.1, 0.15) is 47.0 Å². The van der Waals surface area contributed by atoms with Gasteiger partial charge < -0.3 is 10.6 Å². The van der Waals surface area contributed by atoms with E-state index in [2.05, 4.69) is 17.6 Å². The van der Waals surface area contributed by atoms with Gasteiger partial charge in [-0.25, -0.2) is 0 Å². The molecule has 1 atom stereocenters. The van der Waals surface area contributed by atoms with Crippen LogP contribution < -0.4 is 10.6 Å². The number of nitrogens with one attached hydrogen (secondary N) is 2. The quantitative estimate of drug-likeness (QED) is 0.698. The van der Waals surface area contributed by atoms with Crippen LogP contribution in [0.2, 0.25) is 0 Å². The molecule has 0 bridgehead atoms. The van der Waals surface area contributed by atoms with Gasteiger partial charge in [-0.2, -0.15) is 0 Å². The monoisotopic (exact) mass is 214 g/mol. The van der Waals surface area contributed by atoms with Crippen molar-refractivity contribution in [3.63, 3.8) is 0 Å². The van der Waals surface area contributed by atoms with Crippen LogP contribution in [-0.4, -0.2) is 23.9 Å². The first-order valence-electron chi connectivity index (χ1n) is 5.54. The summed E-state index contributed by atoms with van der Waals surface area (Å²) in [5.74, 6) is -0.247. The molecule has 0 aliphatic rings. The largest absolute Gasteiger partial charge is 0.352 e. The predicted molar refractivity (Wildman–Crippen MR) is 60.4 cm³/mol. The topological polar surface area (TPSA) is 58.2 Å². The molecule has 4 nitrogen and oxygen atoms in total. The fourth-order valence-corrected chi connectivity index (χ4v) is 1.31. The normalized spacial score (nSPS) is 12.3. The molecule has 2 amide bonds. The molecule has 0 aromatic rings. The molecule has 0 saturated carbocycles. The maximum atomic E-state index is 11.7. The van der Waals surface area contributed by atoms with Crippen molar-refractivity contribution in [3.8, 4) is 0 Å². The first-order valence-corrected chi connectivity index (χ1v) is 5.54. The van der Waals surface area contributed by atoms with Crippen molar-refractivity contribution >= 4 is 11.8 Å². The molecule has 0 radical (unpaired) electrons. The molecule has 2 N–H and O–H groups in total. The Labute approximate surface area is 91.8 Å². The molecule has 88 valence electrons. The van der Waals surface area contributed by atoms with E-state index in [1.807, 2.05) is 13.8 Å². The third-order valence-electron chi connectivity index (χ3n) is 1.97. The molecule has 4 heteroatoms. The first kappa shape index (κ1) is 13.9. The Hall–Kier alpha value is -1.06. The zero-order valence-corrected chi connectivity index (χ0v) is 10.1. The fourth-order valence-electron chi connectivity index (χ4n) is 1.31. The molecule has 0 fully saturated rings. The zero-order chi connectivity index (χ0) is 11.8. The minimum Gasteiger partial charge on any atom is -0.352 e. The van der Waals surface area contributed by atoms with Gasteiger partial charge in [-0.05, 0) is 20.3 Å². The van der Waals surface area contributed by atoms with Crippen LogP contribution in [0, 0.1) is 0 Å². The van der Waals surface area contributed by atoms with Gasteiger partial charge in [0.2, 0.25) is 11.8 Å². The van der Waals surface area contributed by atoms with Gasteiger partial charge in [-0.3, -0.25) is 9.59 Å². The molecule has 0 unspecified atom stereocenters. The third kappa shape index (κ3) is 6.94. The summed E-state index contributed by atoms with van der Waals surface area (Å²) < 4.78 is 0. The maximum Gasteiger partial charge on any atom is 0.242 e. The number of rotatable bonds is 6. The van der Waals surface area contributed by atoms with E-state index < -0.39 is 0 Å². The van der Waals surface area contributed by atoms with Gasteiger partial charge in [0.1, 0.15) is 6.04 Å². The second-order valence-corrected chi connectivity index (χ2v) is 4.06. The Bertz CT molecular complexity index is 215. The van der Waals surface area contributed by atoms with Crippen molar-refractivity contribution in [2.24, 2.45) is 0 Å². The minimum atomic E-state index is -0.384. The lowest BCUT2D eigenvalue weighted by atomic mass is 10.1. The van der Waals surface area contributed by atoms with E-state index >= 15 is 0 Å². The van der Waals surface area contributed by atoms with Gasteiger partial charge in [0.25, 0.3) is 0 Å². The average Bonchev–Trinajstić information content (AvgIpc) is 2.10. The molecular weight excluding hydrogens is 192 g/mol. The van der Waals surface area contributed by atoms with Gasteiger partial charge in [0.15, 0.2) is 0 Å². The summed E-state index contributed by atoms with van der Waals surface area (Å²) in [5.41, 5.74) is 0. The summed E-state index contributed by atoms with van der Waals surface area (Å²) in [6.45, 7) is 7.30. The average molecular weight is 214 g/mol. The van der Waals surface area contributed by atoms with E-state index in [1.165, 1.54) is 6.92 Å². The summed E-state index contributed by atoms with van der Waals surface area (Å²) in [5, 5.41) is 5.47. The highest BCUT2D eigenvalue weighted by Crippen LogP contribution is 2.01. The fraction of sp³-hybridized carbons (Fsp3) is 0.818. The summed E-state index contributed by atoms with van der Waals surface area (Å²) in [4.78, 5) is 22.6. The Morgan fingerprint density at radius 2 is 1.80 bits per heavy atom. The van der Waals surface area contributed by atoms with Crippen molar-refractivity contribution in [3.05, 3.63) is 0 Å². The maximum absolute atomic E-state index is 11.7. The van der Waals surface area contributed by atoms with Crippen LogP contribution in [0.3, 0.4) is 0 Å². The van der Waals surface area contributed by atoms with E-state index in [1.54, 1.807) is 0 Å². The number of hydrogen-bond acceptors (Lipinski definition) is 2. The molecule has 0 saturated heterocycles. The highest BCUT2D eigenvalue weighted by molar-refractivity contribution is 5.86. The van der Waals surface area contributed by atoms with E-state index in [0.717, 1.165) is 12.8 Å². The summed E-state index contributed by atoms with van der Waals surface area (Å²) in [6, 6.07) is -0.278. The van der Waals surface area contributed by atoms with Crippen LogP contribution in [0.15, 0.2) is 0 Å². The SMILES string of the molecule is CCCC[C@H](NC(C)=O)C(=O)NC(C)C. The Morgan fingerprint density at radius 3 is 2.20 bits per heavy atom. The van der Waals surface area contributed by atoms with Crippen molar-refractivity contribution in [1.82, 2.24) is 10.6 Å². The lowest BCUT2D eigenvalue weighted by Crippen LogP contribution is -2.47. The van der Waals surface area contributed by atoms with Gasteiger partial charge in [-0.1, -0.05) is 19.8 Å². The second kappa shape index (κ2) is 7.26. The summed E-state index contributed by atoms with van der Waals surface area (Å²) in [6.07, 6.45) is 2.66. The molecule has 0 aliphatic carbocycles. The summed E-state index contributed by atoms with van der Waals surface area (Å²) >= 11 is 0. The smallest absolute Gasteiger partial charge is 0.242 e. The molecule has 0 aromatic heterocycles. The number of hydrogen-bond donors (Lipinski definition) is 2. The van der Waals surface area contributed by atoms with Crippen molar-refractivity contribution in [2.45, 2.75) is 59.0 Å². The minimum absolute atomic E-state index is 0.0892. The Morgan fingerprint density at radius 1 is 1.20 bits per heavy atom. The Kier molecular flexibility index (Phi) is 6.75. The lowest BCUT2D eigenvalue weighted by Gasteiger charge is -2.18. The first-order chi connectivity index (χ1) is 6.97. The van der Waals surface area contributed by atoms with E-state index in [-0.39, 0.29) is 23.9 Å².